The van der Waals surface area contributed by atoms with E-state index >= 15 is 0 Å². The van der Waals surface area contributed by atoms with Gasteiger partial charge in [-0.2, -0.15) is 0 Å². The summed E-state index contributed by atoms with van der Waals surface area (Å²) in [7, 11) is 0. The molecule has 0 bridgehead atoms. The summed E-state index contributed by atoms with van der Waals surface area (Å²) in [6.07, 6.45) is 3.62. The number of carbonyl (C=O) groups is 1. The molecule has 0 aliphatic carbocycles. The molecule has 2 rings (SSSR count). The van der Waals surface area contributed by atoms with Crippen LogP contribution in [-0.4, -0.2) is 15.5 Å². The standard InChI is InChI=1S/C15H21N3OS/c1-10(2)14-16-7-8-18(14)12(4)15(19)17-9-13-6-5-11(3)20-13/h5-8,10,12H,9H2,1-4H3,(H,17,19). The highest BCUT2D eigenvalue weighted by atomic mass is 32.1. The number of thiophene rings is 1. The quantitative estimate of drug-likeness (QED) is 0.919. The number of hydrogen-bond donors (Lipinski definition) is 1. The van der Waals surface area contributed by atoms with Gasteiger partial charge in [-0.15, -0.1) is 11.3 Å². The van der Waals surface area contributed by atoms with Crippen LogP contribution in [0, 0.1) is 6.92 Å². The molecule has 0 aliphatic rings. The van der Waals surface area contributed by atoms with E-state index in [0.29, 0.717) is 12.5 Å². The Kier molecular flexibility index (Phi) is 4.60. The van der Waals surface area contributed by atoms with Crippen LogP contribution in [0.5, 0.6) is 0 Å². The van der Waals surface area contributed by atoms with E-state index < -0.39 is 0 Å². The number of nitrogens with zero attached hydrogens (tertiary/aromatic N) is 2. The van der Waals surface area contributed by atoms with Crippen LogP contribution in [0.2, 0.25) is 0 Å². The van der Waals surface area contributed by atoms with Crippen molar-refractivity contribution in [3.63, 3.8) is 0 Å². The van der Waals surface area contributed by atoms with Crippen molar-refractivity contribution in [1.82, 2.24) is 14.9 Å². The number of hydrogen-bond acceptors (Lipinski definition) is 3. The van der Waals surface area contributed by atoms with E-state index in [2.05, 4.69) is 43.2 Å². The Morgan fingerprint density at radius 2 is 2.15 bits per heavy atom. The molecule has 20 heavy (non-hydrogen) atoms. The van der Waals surface area contributed by atoms with Gasteiger partial charge in [-0.05, 0) is 26.0 Å². The Bertz CT molecular complexity index is 585. The minimum absolute atomic E-state index is 0.0240. The number of carbonyl (C=O) groups excluding carboxylic acids is 1. The van der Waals surface area contributed by atoms with Gasteiger partial charge in [0.25, 0.3) is 0 Å². The molecule has 1 unspecified atom stereocenters. The van der Waals surface area contributed by atoms with Crippen molar-refractivity contribution < 1.29 is 4.79 Å². The number of imidazole rings is 1. The van der Waals surface area contributed by atoms with Gasteiger partial charge in [0.05, 0.1) is 6.54 Å². The number of rotatable bonds is 5. The fourth-order valence-corrected chi connectivity index (χ4v) is 2.96. The predicted octanol–water partition coefficient (Wildman–Crippen LogP) is 3.25. The Balaban J connectivity index is 1.99. The van der Waals surface area contributed by atoms with Crippen molar-refractivity contribution >= 4 is 17.2 Å². The summed E-state index contributed by atoms with van der Waals surface area (Å²) in [5.74, 6) is 1.27. The molecule has 1 atom stereocenters. The zero-order chi connectivity index (χ0) is 14.7. The summed E-state index contributed by atoms with van der Waals surface area (Å²) in [6, 6.07) is 3.89. The monoisotopic (exact) mass is 291 g/mol. The van der Waals surface area contributed by atoms with Gasteiger partial charge in [-0.3, -0.25) is 4.79 Å². The highest BCUT2D eigenvalue weighted by Crippen LogP contribution is 2.18. The molecule has 0 saturated heterocycles. The maximum absolute atomic E-state index is 12.2. The van der Waals surface area contributed by atoms with E-state index in [4.69, 9.17) is 0 Å². The van der Waals surface area contributed by atoms with E-state index in [0.717, 1.165) is 5.82 Å². The average molecular weight is 291 g/mol. The van der Waals surface area contributed by atoms with Crippen molar-refractivity contribution in [2.45, 2.75) is 46.2 Å². The molecular weight excluding hydrogens is 270 g/mol. The van der Waals surface area contributed by atoms with Gasteiger partial charge in [0.2, 0.25) is 5.91 Å². The third-order valence-electron chi connectivity index (χ3n) is 3.24. The maximum Gasteiger partial charge on any atom is 0.243 e. The second kappa shape index (κ2) is 6.22. The van der Waals surface area contributed by atoms with Gasteiger partial charge in [0.15, 0.2) is 0 Å². The molecule has 0 radical (unpaired) electrons. The highest BCUT2D eigenvalue weighted by molar-refractivity contribution is 7.11. The molecule has 1 N–H and O–H groups in total. The lowest BCUT2D eigenvalue weighted by Crippen LogP contribution is -2.31. The van der Waals surface area contributed by atoms with Crippen LogP contribution in [0.3, 0.4) is 0 Å². The topological polar surface area (TPSA) is 46.9 Å². The smallest absolute Gasteiger partial charge is 0.243 e. The van der Waals surface area contributed by atoms with E-state index in [9.17, 15) is 4.79 Å². The minimum Gasteiger partial charge on any atom is -0.349 e. The lowest BCUT2D eigenvalue weighted by atomic mass is 10.2. The first-order valence-corrected chi connectivity index (χ1v) is 7.66. The molecule has 4 nitrogen and oxygen atoms in total. The molecule has 0 spiro atoms. The van der Waals surface area contributed by atoms with Crippen molar-refractivity contribution in [2.75, 3.05) is 0 Å². The van der Waals surface area contributed by atoms with Gasteiger partial charge < -0.3 is 9.88 Å². The fourth-order valence-electron chi connectivity index (χ4n) is 2.13. The molecule has 2 aromatic heterocycles. The summed E-state index contributed by atoms with van der Waals surface area (Å²) in [5, 5.41) is 2.99. The SMILES string of the molecule is Cc1ccc(CNC(=O)C(C)n2ccnc2C(C)C)s1. The molecule has 0 aliphatic heterocycles. The zero-order valence-corrected chi connectivity index (χ0v) is 13.2. The van der Waals surface area contributed by atoms with Crippen LogP contribution < -0.4 is 5.32 Å². The van der Waals surface area contributed by atoms with Gasteiger partial charge in [-0.1, -0.05) is 13.8 Å². The number of amides is 1. The van der Waals surface area contributed by atoms with E-state index in [1.807, 2.05) is 17.7 Å². The predicted molar refractivity (Wildman–Crippen MR) is 81.9 cm³/mol. The molecule has 1 amide bonds. The van der Waals surface area contributed by atoms with Crippen LogP contribution in [0.1, 0.15) is 48.3 Å². The summed E-state index contributed by atoms with van der Waals surface area (Å²) < 4.78 is 1.94. The van der Waals surface area contributed by atoms with Gasteiger partial charge in [0, 0.05) is 28.1 Å². The second-order valence-corrected chi connectivity index (χ2v) is 6.63. The first kappa shape index (κ1) is 14.8. The molecule has 0 saturated carbocycles. The molecule has 0 aromatic carbocycles. The number of aromatic nitrogens is 2. The molecule has 2 heterocycles. The van der Waals surface area contributed by atoms with Gasteiger partial charge in [0.1, 0.15) is 11.9 Å². The fraction of sp³-hybridized carbons (Fsp3) is 0.467. The minimum atomic E-state index is -0.240. The van der Waals surface area contributed by atoms with Crippen LogP contribution in [0.4, 0.5) is 0 Å². The lowest BCUT2D eigenvalue weighted by molar-refractivity contribution is -0.124. The van der Waals surface area contributed by atoms with Gasteiger partial charge >= 0.3 is 0 Å². The average Bonchev–Trinajstić information content (AvgIpc) is 3.03. The molecule has 108 valence electrons. The maximum atomic E-state index is 12.2. The lowest BCUT2D eigenvalue weighted by Gasteiger charge is -2.17. The van der Waals surface area contributed by atoms with Gasteiger partial charge in [-0.25, -0.2) is 4.98 Å². The number of aryl methyl sites for hydroxylation is 1. The van der Waals surface area contributed by atoms with Crippen LogP contribution in [0.15, 0.2) is 24.5 Å². The summed E-state index contributed by atoms with van der Waals surface area (Å²) in [5.41, 5.74) is 0. The zero-order valence-electron chi connectivity index (χ0n) is 12.4. The van der Waals surface area contributed by atoms with Crippen molar-refractivity contribution in [3.8, 4) is 0 Å². The Hall–Kier alpha value is -1.62. The summed E-state index contributed by atoms with van der Waals surface area (Å²) in [4.78, 5) is 19.0. The summed E-state index contributed by atoms with van der Waals surface area (Å²) >= 11 is 1.71. The largest absolute Gasteiger partial charge is 0.349 e. The normalized spacial score (nSPS) is 12.7. The van der Waals surface area contributed by atoms with Crippen LogP contribution >= 0.6 is 11.3 Å². The molecular formula is C15H21N3OS. The second-order valence-electron chi connectivity index (χ2n) is 5.25. The number of nitrogens with one attached hydrogen (secondary N) is 1. The van der Waals surface area contributed by atoms with Crippen LogP contribution in [0.25, 0.3) is 0 Å². The van der Waals surface area contributed by atoms with E-state index in [1.165, 1.54) is 9.75 Å². The van der Waals surface area contributed by atoms with E-state index in [-0.39, 0.29) is 11.9 Å². The Morgan fingerprint density at radius 3 is 2.75 bits per heavy atom. The Morgan fingerprint density at radius 1 is 1.40 bits per heavy atom. The highest BCUT2D eigenvalue weighted by Gasteiger charge is 2.18. The first-order chi connectivity index (χ1) is 9.49. The molecule has 0 fully saturated rings. The van der Waals surface area contributed by atoms with Crippen molar-refractivity contribution in [2.24, 2.45) is 0 Å². The molecule has 2 aromatic rings. The van der Waals surface area contributed by atoms with Crippen molar-refractivity contribution in [1.29, 1.82) is 0 Å². The van der Waals surface area contributed by atoms with Crippen molar-refractivity contribution in [3.05, 3.63) is 40.1 Å². The van der Waals surface area contributed by atoms with E-state index in [1.54, 1.807) is 17.5 Å². The third kappa shape index (κ3) is 3.28. The first-order valence-electron chi connectivity index (χ1n) is 6.84. The third-order valence-corrected chi connectivity index (χ3v) is 4.25. The van der Waals surface area contributed by atoms with Crippen LogP contribution in [-0.2, 0) is 11.3 Å². The molecule has 5 heteroatoms. The Labute approximate surface area is 123 Å². The summed E-state index contributed by atoms with van der Waals surface area (Å²) in [6.45, 7) is 8.73.